The molecule has 2 atom stereocenters. The predicted molar refractivity (Wildman–Crippen MR) is 60.2 cm³/mol. The number of rotatable bonds is 4. The molecule has 1 N–H and O–H groups in total. The van der Waals surface area contributed by atoms with Gasteiger partial charge >= 0.3 is 0 Å². The molecule has 0 amide bonds. The van der Waals surface area contributed by atoms with Crippen LogP contribution in [0.3, 0.4) is 0 Å². The zero-order valence-corrected chi connectivity index (χ0v) is 9.49. The average Bonchev–Trinajstić information content (AvgIpc) is 2.49. The topological polar surface area (TPSA) is 20.2 Å². The van der Waals surface area contributed by atoms with E-state index in [9.17, 15) is 5.11 Å². The van der Waals surface area contributed by atoms with Gasteiger partial charge in [-0.1, -0.05) is 5.57 Å². The number of thioether (sulfide) groups is 1. The van der Waals surface area contributed by atoms with Gasteiger partial charge in [0.05, 0.1) is 6.10 Å². The maximum atomic E-state index is 10.00. The summed E-state index contributed by atoms with van der Waals surface area (Å²) in [5.41, 5.74) is 1.17. The first kappa shape index (κ1) is 11.1. The van der Waals surface area contributed by atoms with E-state index in [0.29, 0.717) is 0 Å². The molecule has 1 aliphatic rings. The lowest BCUT2D eigenvalue weighted by Crippen LogP contribution is -2.33. The van der Waals surface area contributed by atoms with Crippen LogP contribution in [0.4, 0.5) is 0 Å². The van der Waals surface area contributed by atoms with Crippen LogP contribution in [-0.4, -0.2) is 21.7 Å². The summed E-state index contributed by atoms with van der Waals surface area (Å²) in [6, 6.07) is 0. The van der Waals surface area contributed by atoms with Crippen LogP contribution in [0.2, 0.25) is 0 Å². The summed E-state index contributed by atoms with van der Waals surface area (Å²) in [6.07, 6.45) is 4.09. The Kier molecular flexibility index (Phi) is 3.87. The lowest BCUT2D eigenvalue weighted by molar-refractivity contribution is 0.124. The molecule has 1 fully saturated rings. The number of aliphatic hydroxyl groups excluding tert-OH is 1. The van der Waals surface area contributed by atoms with E-state index in [4.69, 9.17) is 0 Å². The zero-order valence-electron chi connectivity index (χ0n) is 8.68. The molecule has 0 saturated carbocycles. The fourth-order valence-corrected chi connectivity index (χ4v) is 3.11. The Hall–Kier alpha value is 0.0500. The van der Waals surface area contributed by atoms with Crippen molar-refractivity contribution in [3.05, 3.63) is 12.2 Å². The van der Waals surface area contributed by atoms with Crippen LogP contribution in [0, 0.1) is 0 Å². The third kappa shape index (κ3) is 3.03. The highest BCUT2D eigenvalue weighted by Gasteiger charge is 2.36. The molecule has 0 aromatic rings. The Balaban J connectivity index is 2.37. The Bertz CT molecular complexity index is 183. The summed E-state index contributed by atoms with van der Waals surface area (Å²) in [6.45, 7) is 8.07. The molecule has 0 spiro atoms. The van der Waals surface area contributed by atoms with Gasteiger partial charge in [-0.05, 0) is 45.3 Å². The molecular weight excluding hydrogens is 180 g/mol. The molecule has 13 heavy (non-hydrogen) atoms. The first-order chi connectivity index (χ1) is 6.04. The minimum absolute atomic E-state index is 0.120. The van der Waals surface area contributed by atoms with Crippen molar-refractivity contribution >= 4 is 11.8 Å². The second kappa shape index (κ2) is 4.52. The third-order valence-corrected chi connectivity index (χ3v) is 4.43. The maximum Gasteiger partial charge on any atom is 0.0687 e. The number of allylic oxidation sites excluding steroid dienone is 1. The standard InChI is InChI=1S/C11H20OS/c1-9(2)5-6-10(12)11(3)7-4-8-13-11/h10,12H,1,4-8H2,2-3H3. The second-order valence-electron chi connectivity index (χ2n) is 4.28. The van der Waals surface area contributed by atoms with Gasteiger partial charge < -0.3 is 5.11 Å². The third-order valence-electron chi connectivity index (χ3n) is 2.80. The van der Waals surface area contributed by atoms with Gasteiger partial charge in [0, 0.05) is 4.75 Å². The Morgan fingerprint density at radius 3 is 2.85 bits per heavy atom. The summed E-state index contributed by atoms with van der Waals surface area (Å²) >= 11 is 1.92. The number of aliphatic hydroxyl groups is 1. The van der Waals surface area contributed by atoms with Crippen molar-refractivity contribution in [2.75, 3.05) is 5.75 Å². The monoisotopic (exact) mass is 200 g/mol. The second-order valence-corrected chi connectivity index (χ2v) is 5.91. The van der Waals surface area contributed by atoms with Gasteiger partial charge in [0.2, 0.25) is 0 Å². The first-order valence-corrected chi connectivity index (χ1v) is 5.99. The lowest BCUT2D eigenvalue weighted by Gasteiger charge is -2.29. The van der Waals surface area contributed by atoms with E-state index in [1.165, 1.54) is 17.7 Å². The molecule has 0 radical (unpaired) electrons. The molecule has 1 nitrogen and oxygen atoms in total. The Morgan fingerprint density at radius 2 is 2.38 bits per heavy atom. The molecule has 0 aromatic carbocycles. The average molecular weight is 200 g/mol. The van der Waals surface area contributed by atoms with Gasteiger partial charge in [0.25, 0.3) is 0 Å². The van der Waals surface area contributed by atoms with Crippen molar-refractivity contribution in [3.8, 4) is 0 Å². The summed E-state index contributed by atoms with van der Waals surface area (Å²) in [5.74, 6) is 1.21. The van der Waals surface area contributed by atoms with Crippen molar-refractivity contribution in [1.82, 2.24) is 0 Å². The quantitative estimate of drug-likeness (QED) is 0.704. The van der Waals surface area contributed by atoms with Crippen molar-refractivity contribution in [1.29, 1.82) is 0 Å². The molecule has 76 valence electrons. The minimum Gasteiger partial charge on any atom is -0.392 e. The van der Waals surface area contributed by atoms with Crippen LogP contribution in [0.25, 0.3) is 0 Å². The van der Waals surface area contributed by atoms with Crippen molar-refractivity contribution in [2.24, 2.45) is 0 Å². The molecule has 1 saturated heterocycles. The van der Waals surface area contributed by atoms with Crippen molar-refractivity contribution in [3.63, 3.8) is 0 Å². The molecule has 0 bridgehead atoms. The summed E-state index contributed by atoms with van der Waals surface area (Å²) < 4.78 is 0.120. The van der Waals surface area contributed by atoms with Crippen LogP contribution in [0.15, 0.2) is 12.2 Å². The summed E-state index contributed by atoms with van der Waals surface area (Å²) in [5, 5.41) is 10.00. The van der Waals surface area contributed by atoms with Gasteiger partial charge in [-0.15, -0.1) is 6.58 Å². The van der Waals surface area contributed by atoms with E-state index < -0.39 is 0 Å². The van der Waals surface area contributed by atoms with Gasteiger partial charge in [0.15, 0.2) is 0 Å². The maximum absolute atomic E-state index is 10.00. The van der Waals surface area contributed by atoms with E-state index >= 15 is 0 Å². The van der Waals surface area contributed by atoms with Gasteiger partial charge in [-0.2, -0.15) is 11.8 Å². The highest BCUT2D eigenvalue weighted by Crippen LogP contribution is 2.41. The first-order valence-electron chi connectivity index (χ1n) is 5.01. The van der Waals surface area contributed by atoms with E-state index in [2.05, 4.69) is 13.5 Å². The predicted octanol–water partition coefficient (Wildman–Crippen LogP) is 2.99. The number of hydrogen-bond donors (Lipinski definition) is 1. The molecule has 1 heterocycles. The molecule has 1 aliphatic heterocycles. The van der Waals surface area contributed by atoms with Crippen molar-refractivity contribution in [2.45, 2.75) is 50.4 Å². The molecule has 2 heteroatoms. The summed E-state index contributed by atoms with van der Waals surface area (Å²) in [7, 11) is 0. The van der Waals surface area contributed by atoms with Crippen LogP contribution in [0.5, 0.6) is 0 Å². The largest absolute Gasteiger partial charge is 0.392 e. The van der Waals surface area contributed by atoms with Crippen LogP contribution < -0.4 is 0 Å². The van der Waals surface area contributed by atoms with Crippen LogP contribution in [-0.2, 0) is 0 Å². The van der Waals surface area contributed by atoms with E-state index in [1.807, 2.05) is 18.7 Å². The van der Waals surface area contributed by atoms with Gasteiger partial charge in [0.1, 0.15) is 0 Å². The highest BCUT2D eigenvalue weighted by atomic mass is 32.2. The molecule has 1 rings (SSSR count). The van der Waals surface area contributed by atoms with E-state index in [-0.39, 0.29) is 10.9 Å². The smallest absolute Gasteiger partial charge is 0.0687 e. The van der Waals surface area contributed by atoms with Crippen LogP contribution >= 0.6 is 11.8 Å². The fraction of sp³-hybridized carbons (Fsp3) is 0.818. The van der Waals surface area contributed by atoms with Crippen molar-refractivity contribution < 1.29 is 5.11 Å². The SMILES string of the molecule is C=C(C)CCC(O)C1(C)CCCS1. The highest BCUT2D eigenvalue weighted by molar-refractivity contribution is 8.00. The molecular formula is C11H20OS. The number of hydrogen-bond acceptors (Lipinski definition) is 2. The van der Waals surface area contributed by atoms with E-state index in [0.717, 1.165) is 19.3 Å². The van der Waals surface area contributed by atoms with E-state index in [1.54, 1.807) is 0 Å². The lowest BCUT2D eigenvalue weighted by atomic mass is 9.94. The molecule has 0 aromatic heterocycles. The molecule has 2 unspecified atom stereocenters. The molecule has 0 aliphatic carbocycles. The fourth-order valence-electron chi connectivity index (χ4n) is 1.75. The Labute approximate surface area is 85.6 Å². The van der Waals surface area contributed by atoms with Gasteiger partial charge in [-0.3, -0.25) is 0 Å². The van der Waals surface area contributed by atoms with Gasteiger partial charge in [-0.25, -0.2) is 0 Å². The zero-order chi connectivity index (χ0) is 9.90. The normalized spacial score (nSPS) is 30.4. The van der Waals surface area contributed by atoms with Crippen LogP contribution in [0.1, 0.15) is 39.5 Å². The minimum atomic E-state index is -0.156. The Morgan fingerprint density at radius 1 is 1.69 bits per heavy atom. The summed E-state index contributed by atoms with van der Waals surface area (Å²) in [4.78, 5) is 0.